The molecule has 3 heterocycles. The summed E-state index contributed by atoms with van der Waals surface area (Å²) in [5.74, 6) is 0. The summed E-state index contributed by atoms with van der Waals surface area (Å²) in [6.45, 7) is 6.32. The number of amides is 1. The first-order chi connectivity index (χ1) is 13.4. The molecule has 1 aromatic carbocycles. The number of nitrogens with zero attached hydrogens (tertiary/aromatic N) is 1. The van der Waals surface area contributed by atoms with Gasteiger partial charge in [0.15, 0.2) is 0 Å². The summed E-state index contributed by atoms with van der Waals surface area (Å²) in [6, 6.07) is 10.7. The second-order valence-electron chi connectivity index (χ2n) is 8.85. The number of ether oxygens (including phenoxy) is 2. The number of benzene rings is 1. The minimum absolute atomic E-state index is 0.175. The molecule has 0 radical (unpaired) electrons. The smallest absolute Gasteiger partial charge is 0.410 e. The zero-order valence-corrected chi connectivity index (χ0v) is 16.9. The highest BCUT2D eigenvalue weighted by atomic mass is 16.6. The molecule has 28 heavy (non-hydrogen) atoms. The van der Waals surface area contributed by atoms with Gasteiger partial charge in [0, 0.05) is 17.6 Å². The van der Waals surface area contributed by atoms with Crippen LogP contribution in [-0.2, 0) is 16.1 Å². The maximum Gasteiger partial charge on any atom is 0.410 e. The minimum atomic E-state index is -0.458. The molecule has 0 N–H and O–H groups in total. The SMILES string of the molecule is CC(C)(C)OC(=O)N1[C@@H]2CC[C@H]1C[C@@H](OCc1ccccc1-c1ccoc1)C2. The molecule has 1 aromatic heterocycles. The van der Waals surface area contributed by atoms with Crippen LogP contribution in [0.15, 0.2) is 47.3 Å². The van der Waals surface area contributed by atoms with Gasteiger partial charge in [-0.05, 0) is 63.6 Å². The highest BCUT2D eigenvalue weighted by molar-refractivity contribution is 5.69. The van der Waals surface area contributed by atoms with Gasteiger partial charge in [0.25, 0.3) is 0 Å². The van der Waals surface area contributed by atoms with Gasteiger partial charge in [-0.1, -0.05) is 24.3 Å². The number of rotatable bonds is 4. The monoisotopic (exact) mass is 383 g/mol. The molecule has 2 aliphatic rings. The average molecular weight is 383 g/mol. The number of carbonyl (C=O) groups is 1. The predicted molar refractivity (Wildman–Crippen MR) is 107 cm³/mol. The number of hydrogen-bond acceptors (Lipinski definition) is 4. The third-order valence-corrected chi connectivity index (χ3v) is 5.62. The molecule has 0 spiro atoms. The van der Waals surface area contributed by atoms with Crippen LogP contribution >= 0.6 is 0 Å². The lowest BCUT2D eigenvalue weighted by Crippen LogP contribution is -2.50. The molecule has 2 fully saturated rings. The van der Waals surface area contributed by atoms with E-state index in [0.717, 1.165) is 42.4 Å². The van der Waals surface area contributed by atoms with Gasteiger partial charge >= 0.3 is 6.09 Å². The largest absolute Gasteiger partial charge is 0.472 e. The van der Waals surface area contributed by atoms with Gasteiger partial charge in [-0.15, -0.1) is 0 Å². The number of hydrogen-bond donors (Lipinski definition) is 0. The number of piperidine rings is 1. The van der Waals surface area contributed by atoms with Gasteiger partial charge in [0.05, 0.1) is 25.2 Å². The van der Waals surface area contributed by atoms with Crippen LogP contribution in [0.1, 0.15) is 52.0 Å². The third-order valence-electron chi connectivity index (χ3n) is 5.62. The zero-order valence-electron chi connectivity index (χ0n) is 16.9. The molecule has 2 aromatic rings. The Hall–Kier alpha value is -2.27. The van der Waals surface area contributed by atoms with E-state index in [-0.39, 0.29) is 24.3 Å². The van der Waals surface area contributed by atoms with E-state index in [4.69, 9.17) is 13.9 Å². The Bertz CT molecular complexity index is 794. The van der Waals surface area contributed by atoms with E-state index in [0.29, 0.717) is 6.61 Å². The van der Waals surface area contributed by atoms with Crippen molar-refractivity contribution in [2.75, 3.05) is 0 Å². The molecule has 0 unspecified atom stereocenters. The molecular formula is C23H29NO4. The Morgan fingerprint density at radius 1 is 1.14 bits per heavy atom. The number of fused-ring (bicyclic) bond motifs is 2. The van der Waals surface area contributed by atoms with E-state index in [2.05, 4.69) is 12.1 Å². The summed E-state index contributed by atoms with van der Waals surface area (Å²) in [5.41, 5.74) is 2.91. The van der Waals surface area contributed by atoms with E-state index in [1.807, 2.05) is 43.9 Å². The van der Waals surface area contributed by atoms with Gasteiger partial charge in [-0.25, -0.2) is 4.79 Å². The quantitative estimate of drug-likeness (QED) is 0.710. The minimum Gasteiger partial charge on any atom is -0.472 e. The summed E-state index contributed by atoms with van der Waals surface area (Å²) >= 11 is 0. The normalized spacial score (nSPS) is 24.4. The van der Waals surface area contributed by atoms with Crippen LogP contribution in [0.4, 0.5) is 4.79 Å². The van der Waals surface area contributed by atoms with Crippen LogP contribution in [0, 0.1) is 0 Å². The predicted octanol–water partition coefficient (Wildman–Crippen LogP) is 5.39. The Morgan fingerprint density at radius 3 is 2.50 bits per heavy atom. The maximum absolute atomic E-state index is 12.6. The van der Waals surface area contributed by atoms with Gasteiger partial charge in [-0.2, -0.15) is 0 Å². The fourth-order valence-corrected chi connectivity index (χ4v) is 4.43. The van der Waals surface area contributed by atoms with Gasteiger partial charge < -0.3 is 18.8 Å². The van der Waals surface area contributed by atoms with Crippen molar-refractivity contribution in [1.82, 2.24) is 4.90 Å². The molecule has 0 aliphatic carbocycles. The van der Waals surface area contributed by atoms with Crippen molar-refractivity contribution in [3.63, 3.8) is 0 Å². The van der Waals surface area contributed by atoms with Gasteiger partial charge in [-0.3, -0.25) is 0 Å². The Labute approximate surface area is 166 Å². The number of carbonyl (C=O) groups excluding carboxylic acids is 1. The van der Waals surface area contributed by atoms with Gasteiger partial charge in [0.2, 0.25) is 0 Å². The fourth-order valence-electron chi connectivity index (χ4n) is 4.43. The molecule has 5 heteroatoms. The van der Waals surface area contributed by atoms with Crippen LogP contribution in [0.3, 0.4) is 0 Å². The number of furan rings is 1. The molecule has 4 rings (SSSR count). The summed E-state index contributed by atoms with van der Waals surface area (Å²) in [7, 11) is 0. The van der Waals surface area contributed by atoms with Crippen molar-refractivity contribution >= 4 is 6.09 Å². The maximum atomic E-state index is 12.6. The van der Waals surface area contributed by atoms with Crippen LogP contribution in [0.2, 0.25) is 0 Å². The van der Waals surface area contributed by atoms with Crippen LogP contribution < -0.4 is 0 Å². The Balaban J connectivity index is 1.38. The molecule has 0 saturated carbocycles. The van der Waals surface area contributed by atoms with Crippen molar-refractivity contribution < 1.29 is 18.7 Å². The summed E-state index contributed by atoms with van der Waals surface area (Å²) in [5, 5.41) is 0. The second-order valence-corrected chi connectivity index (χ2v) is 8.85. The molecule has 2 bridgehead atoms. The highest BCUT2D eigenvalue weighted by Gasteiger charge is 2.45. The van der Waals surface area contributed by atoms with E-state index in [1.54, 1.807) is 12.5 Å². The molecule has 1 amide bonds. The van der Waals surface area contributed by atoms with Crippen LogP contribution in [-0.4, -0.2) is 34.8 Å². The third kappa shape index (κ3) is 4.09. The summed E-state index contributed by atoms with van der Waals surface area (Å²) < 4.78 is 17.2. The van der Waals surface area contributed by atoms with Crippen molar-refractivity contribution in [3.8, 4) is 11.1 Å². The van der Waals surface area contributed by atoms with Crippen molar-refractivity contribution in [3.05, 3.63) is 48.4 Å². The van der Waals surface area contributed by atoms with Crippen molar-refractivity contribution in [2.24, 2.45) is 0 Å². The van der Waals surface area contributed by atoms with E-state index in [9.17, 15) is 4.79 Å². The van der Waals surface area contributed by atoms with E-state index < -0.39 is 5.60 Å². The lowest BCUT2D eigenvalue weighted by molar-refractivity contribution is -0.0395. The van der Waals surface area contributed by atoms with Crippen molar-refractivity contribution in [1.29, 1.82) is 0 Å². The topological polar surface area (TPSA) is 51.9 Å². The first kappa shape index (κ1) is 19.1. The molecular weight excluding hydrogens is 354 g/mol. The molecule has 2 aliphatic heterocycles. The first-order valence-electron chi connectivity index (χ1n) is 10.1. The van der Waals surface area contributed by atoms with Crippen LogP contribution in [0.25, 0.3) is 11.1 Å². The summed E-state index contributed by atoms with van der Waals surface area (Å²) in [6.07, 6.45) is 7.28. The lowest BCUT2D eigenvalue weighted by Gasteiger charge is -2.39. The highest BCUT2D eigenvalue weighted by Crippen LogP contribution is 2.38. The van der Waals surface area contributed by atoms with Gasteiger partial charge in [0.1, 0.15) is 5.60 Å². The molecule has 150 valence electrons. The second kappa shape index (κ2) is 7.63. The van der Waals surface area contributed by atoms with Crippen LogP contribution in [0.5, 0.6) is 0 Å². The zero-order chi connectivity index (χ0) is 19.7. The molecule has 5 nitrogen and oxygen atoms in total. The molecule has 2 saturated heterocycles. The first-order valence-corrected chi connectivity index (χ1v) is 10.1. The Kier molecular flexibility index (Phi) is 5.19. The molecule has 3 atom stereocenters. The standard InChI is InChI=1S/C23H29NO4/c1-23(2,3)28-22(25)24-18-8-9-19(24)13-20(12-18)27-15-16-6-4-5-7-21(16)17-10-11-26-14-17/h4-7,10-11,14,18-20H,8-9,12-13,15H2,1-3H3/t18-,19+,20+. The Morgan fingerprint density at radius 2 is 1.86 bits per heavy atom. The lowest BCUT2D eigenvalue weighted by atomic mass is 9.99. The summed E-state index contributed by atoms with van der Waals surface area (Å²) in [4.78, 5) is 14.6. The average Bonchev–Trinajstić information content (AvgIpc) is 3.26. The fraction of sp³-hybridized carbons (Fsp3) is 0.522. The van der Waals surface area contributed by atoms with E-state index in [1.165, 1.54) is 0 Å². The van der Waals surface area contributed by atoms with Crippen molar-refractivity contribution in [2.45, 2.75) is 76.9 Å². The van der Waals surface area contributed by atoms with E-state index >= 15 is 0 Å².